The maximum absolute atomic E-state index is 5.55. The number of nitrogens with zero attached hydrogens (tertiary/aromatic N) is 3. The lowest BCUT2D eigenvalue weighted by Crippen LogP contribution is -2.43. The summed E-state index contributed by atoms with van der Waals surface area (Å²) in [5.74, 6) is 1.31. The van der Waals surface area contributed by atoms with E-state index in [1.807, 2.05) is 0 Å². The summed E-state index contributed by atoms with van der Waals surface area (Å²) in [5.41, 5.74) is 2.49. The van der Waals surface area contributed by atoms with E-state index < -0.39 is 8.80 Å². The zero-order valence-electron chi connectivity index (χ0n) is 20.6. The van der Waals surface area contributed by atoms with Crippen molar-refractivity contribution in [3.63, 3.8) is 0 Å². The van der Waals surface area contributed by atoms with Gasteiger partial charge in [-0.25, -0.2) is 0 Å². The molecule has 0 amide bonds. The Morgan fingerprint density at radius 2 is 1.17 bits per heavy atom. The second-order valence-electron chi connectivity index (χ2n) is 8.67. The maximum atomic E-state index is 5.55. The van der Waals surface area contributed by atoms with Gasteiger partial charge in [0.2, 0.25) is 0 Å². The van der Waals surface area contributed by atoms with Crippen LogP contribution >= 0.6 is 0 Å². The van der Waals surface area contributed by atoms with E-state index in [0.717, 1.165) is 58.0 Å². The van der Waals surface area contributed by atoms with Crippen molar-refractivity contribution in [2.45, 2.75) is 66.8 Å². The highest BCUT2D eigenvalue weighted by Gasteiger charge is 2.36. The maximum Gasteiger partial charge on any atom is 0.500 e. The van der Waals surface area contributed by atoms with Gasteiger partial charge in [-0.2, -0.15) is 0 Å². The number of hydrogen-bond acceptors (Lipinski definition) is 6. The molecule has 0 aromatic heterocycles. The molecule has 0 saturated heterocycles. The first-order valence-corrected chi connectivity index (χ1v) is 13.0. The minimum atomic E-state index is -2.50. The van der Waals surface area contributed by atoms with E-state index in [-0.39, 0.29) is 0 Å². The third-order valence-electron chi connectivity index (χ3n) is 4.89. The van der Waals surface area contributed by atoms with Crippen LogP contribution in [0, 0.1) is 11.8 Å². The molecular formula is C22H47N3O3Si. The first-order valence-electron chi connectivity index (χ1n) is 11.1. The van der Waals surface area contributed by atoms with Crippen molar-refractivity contribution >= 4 is 20.2 Å². The van der Waals surface area contributed by atoms with E-state index >= 15 is 0 Å². The Balaban J connectivity index is 4.73. The molecule has 172 valence electrons. The number of rotatable bonds is 17. The fourth-order valence-electron chi connectivity index (χ4n) is 3.49. The quantitative estimate of drug-likeness (QED) is 0.251. The Hall–Kier alpha value is -0.603. The van der Waals surface area contributed by atoms with Crippen LogP contribution in [0.4, 0.5) is 0 Å². The van der Waals surface area contributed by atoms with E-state index in [1.54, 1.807) is 21.3 Å². The highest BCUT2D eigenvalue weighted by molar-refractivity contribution is 6.60. The van der Waals surface area contributed by atoms with E-state index in [4.69, 9.17) is 23.3 Å². The number of aliphatic imine (C=N–C) groups is 2. The lowest BCUT2D eigenvalue weighted by Gasteiger charge is -2.26. The van der Waals surface area contributed by atoms with E-state index in [1.165, 1.54) is 11.4 Å². The molecule has 0 aliphatic heterocycles. The summed E-state index contributed by atoms with van der Waals surface area (Å²) in [6.45, 7) is 17.8. The lowest BCUT2D eigenvalue weighted by atomic mass is 10.1. The molecule has 0 saturated carbocycles. The molecule has 0 aromatic carbocycles. The molecule has 0 unspecified atom stereocenters. The minimum Gasteiger partial charge on any atom is -0.377 e. The highest BCUT2D eigenvalue weighted by Crippen LogP contribution is 2.15. The van der Waals surface area contributed by atoms with Gasteiger partial charge in [-0.3, -0.25) is 14.9 Å². The van der Waals surface area contributed by atoms with Crippen molar-refractivity contribution in [2.75, 3.05) is 54.1 Å². The van der Waals surface area contributed by atoms with Gasteiger partial charge in [0.25, 0.3) is 0 Å². The molecule has 7 heteroatoms. The zero-order chi connectivity index (χ0) is 22.3. The van der Waals surface area contributed by atoms with Crippen LogP contribution in [-0.2, 0) is 13.3 Å². The second kappa shape index (κ2) is 16.1. The fourth-order valence-corrected chi connectivity index (χ4v) is 5.19. The molecule has 0 heterocycles. The number of hydrogen-bond donors (Lipinski definition) is 0. The average Bonchev–Trinajstić information content (AvgIpc) is 2.64. The minimum absolute atomic E-state index is 0.656. The van der Waals surface area contributed by atoms with Gasteiger partial charge in [0.05, 0.1) is 13.1 Å². The van der Waals surface area contributed by atoms with Crippen LogP contribution in [0.25, 0.3) is 0 Å². The van der Waals surface area contributed by atoms with Crippen LogP contribution in [0.5, 0.6) is 0 Å². The molecule has 0 N–H and O–H groups in total. The van der Waals surface area contributed by atoms with Gasteiger partial charge in [0.1, 0.15) is 0 Å². The molecule has 0 spiro atoms. The summed E-state index contributed by atoms with van der Waals surface area (Å²) in [5, 5.41) is 0. The van der Waals surface area contributed by atoms with Gasteiger partial charge < -0.3 is 13.3 Å². The molecule has 0 radical (unpaired) electrons. The van der Waals surface area contributed by atoms with Crippen molar-refractivity contribution in [1.29, 1.82) is 0 Å². The topological polar surface area (TPSA) is 55.7 Å². The molecule has 0 fully saturated rings. The van der Waals surface area contributed by atoms with Gasteiger partial charge in [-0.1, -0.05) is 27.7 Å². The Labute approximate surface area is 181 Å². The first-order chi connectivity index (χ1) is 13.7. The monoisotopic (exact) mass is 429 g/mol. The Morgan fingerprint density at radius 3 is 1.52 bits per heavy atom. The standard InChI is InChI=1S/C22H47N3O3Si/c1-19(2)17-21(5)23-11-14-25(15-12-24-22(6)18-20(3)4)13-10-16-29(26-7,27-8)28-9/h19-20H,10-18H2,1-9H3/b23-21+,24-22+. The largest absolute Gasteiger partial charge is 0.500 e. The summed E-state index contributed by atoms with van der Waals surface area (Å²) in [4.78, 5) is 12.0. The zero-order valence-corrected chi connectivity index (χ0v) is 21.6. The summed E-state index contributed by atoms with van der Waals surface area (Å²) in [6.07, 6.45) is 3.12. The smallest absolute Gasteiger partial charge is 0.377 e. The van der Waals surface area contributed by atoms with Crippen LogP contribution in [0.2, 0.25) is 6.04 Å². The molecule has 0 bridgehead atoms. The second-order valence-corrected chi connectivity index (χ2v) is 11.8. The van der Waals surface area contributed by atoms with Gasteiger partial charge in [-0.05, 0) is 51.5 Å². The molecular weight excluding hydrogens is 382 g/mol. The van der Waals surface area contributed by atoms with Crippen LogP contribution < -0.4 is 0 Å². The van der Waals surface area contributed by atoms with Gasteiger partial charge in [0.15, 0.2) is 0 Å². The molecule has 0 aliphatic rings. The SMILES string of the molecule is CO[Si](CCCN(CC/N=C(\C)CC(C)C)CC/N=C(\C)CC(C)C)(OC)OC. The van der Waals surface area contributed by atoms with Crippen molar-refractivity contribution in [3.8, 4) is 0 Å². The highest BCUT2D eigenvalue weighted by atomic mass is 28.4. The predicted octanol–water partition coefficient (Wildman–Crippen LogP) is 4.57. The Bertz CT molecular complexity index is 440. The summed E-state index contributed by atoms with van der Waals surface area (Å²) in [6, 6.07) is 0.818. The molecule has 0 aliphatic carbocycles. The molecule has 0 atom stereocenters. The summed E-state index contributed by atoms with van der Waals surface area (Å²) >= 11 is 0. The van der Waals surface area contributed by atoms with Crippen LogP contribution in [0.1, 0.15) is 60.8 Å². The lowest BCUT2D eigenvalue weighted by molar-refractivity contribution is 0.121. The summed E-state index contributed by atoms with van der Waals surface area (Å²) < 4.78 is 16.6. The Kier molecular flexibility index (Phi) is 15.8. The van der Waals surface area contributed by atoms with Crippen molar-refractivity contribution in [2.24, 2.45) is 21.8 Å². The van der Waals surface area contributed by atoms with E-state index in [0.29, 0.717) is 11.8 Å². The van der Waals surface area contributed by atoms with E-state index in [9.17, 15) is 0 Å². The van der Waals surface area contributed by atoms with Gasteiger partial charge in [0, 0.05) is 51.9 Å². The van der Waals surface area contributed by atoms with Crippen molar-refractivity contribution < 1.29 is 13.3 Å². The molecule has 29 heavy (non-hydrogen) atoms. The first kappa shape index (κ1) is 28.4. The molecule has 0 aromatic rings. The average molecular weight is 430 g/mol. The third-order valence-corrected chi connectivity index (χ3v) is 7.73. The van der Waals surface area contributed by atoms with Crippen LogP contribution in [0.15, 0.2) is 9.98 Å². The van der Waals surface area contributed by atoms with E-state index in [2.05, 4.69) is 46.4 Å². The molecule has 6 nitrogen and oxygen atoms in total. The van der Waals surface area contributed by atoms with Crippen LogP contribution in [0.3, 0.4) is 0 Å². The summed E-state index contributed by atoms with van der Waals surface area (Å²) in [7, 11) is 2.53. The normalized spacial score (nSPS) is 13.9. The van der Waals surface area contributed by atoms with Crippen molar-refractivity contribution in [3.05, 3.63) is 0 Å². The third kappa shape index (κ3) is 14.1. The van der Waals surface area contributed by atoms with Crippen LogP contribution in [-0.4, -0.2) is 79.2 Å². The van der Waals surface area contributed by atoms with Crippen molar-refractivity contribution in [1.82, 2.24) is 4.90 Å². The Morgan fingerprint density at radius 1 is 0.759 bits per heavy atom. The fraction of sp³-hybridized carbons (Fsp3) is 0.909. The molecule has 0 rings (SSSR count). The van der Waals surface area contributed by atoms with Gasteiger partial charge in [-0.15, -0.1) is 0 Å². The van der Waals surface area contributed by atoms with Gasteiger partial charge >= 0.3 is 8.80 Å². The predicted molar refractivity (Wildman–Crippen MR) is 128 cm³/mol.